The summed E-state index contributed by atoms with van der Waals surface area (Å²) in [6.07, 6.45) is 3.76. The normalized spacial score (nSPS) is 53.3. The Morgan fingerprint density at radius 3 is 1.62 bits per heavy atom. The van der Waals surface area contributed by atoms with E-state index in [1.165, 1.54) is 6.42 Å². The quantitative estimate of drug-likeness (QED) is 0.589. The van der Waals surface area contributed by atoms with Gasteiger partial charge < -0.3 is 0 Å². The van der Waals surface area contributed by atoms with Crippen LogP contribution in [-0.2, 0) is 0 Å². The standard InChI is InChI=1S/C11H16F2/c12-11(13)10-8-2-6-1-7(4-8)5-9(10)3-6/h6-11H,1-5H2. The first kappa shape index (κ1) is 8.19. The molecule has 0 aromatic rings. The Labute approximate surface area is 77.7 Å². The maximum atomic E-state index is 12.8. The minimum atomic E-state index is -2.05. The highest BCUT2D eigenvalue weighted by molar-refractivity contribution is 4.98. The van der Waals surface area contributed by atoms with Gasteiger partial charge in [-0.25, -0.2) is 8.78 Å². The molecule has 4 saturated carbocycles. The molecule has 0 aromatic heterocycles. The first-order valence-corrected chi connectivity index (χ1v) is 5.52. The second kappa shape index (κ2) is 2.68. The van der Waals surface area contributed by atoms with Gasteiger partial charge in [-0.1, -0.05) is 0 Å². The third-order valence-electron chi connectivity index (χ3n) is 4.59. The molecular formula is C11H16F2. The summed E-state index contributed by atoms with van der Waals surface area (Å²) in [4.78, 5) is 0. The van der Waals surface area contributed by atoms with Gasteiger partial charge in [0, 0.05) is 5.92 Å². The van der Waals surface area contributed by atoms with Gasteiger partial charge in [0.25, 0.3) is 0 Å². The molecular weight excluding hydrogens is 170 g/mol. The molecule has 0 atom stereocenters. The number of rotatable bonds is 1. The predicted octanol–water partition coefficient (Wildman–Crippen LogP) is 3.32. The van der Waals surface area contributed by atoms with Crippen LogP contribution < -0.4 is 0 Å². The Balaban J connectivity index is 1.85. The van der Waals surface area contributed by atoms with Crippen LogP contribution in [0.1, 0.15) is 32.1 Å². The zero-order valence-corrected chi connectivity index (χ0v) is 7.76. The van der Waals surface area contributed by atoms with Gasteiger partial charge in [0.15, 0.2) is 0 Å². The summed E-state index contributed by atoms with van der Waals surface area (Å²) >= 11 is 0. The van der Waals surface area contributed by atoms with Crippen LogP contribution in [0.3, 0.4) is 0 Å². The molecule has 0 aliphatic heterocycles. The molecule has 0 N–H and O–H groups in total. The Kier molecular flexibility index (Phi) is 1.69. The lowest BCUT2D eigenvalue weighted by Gasteiger charge is -2.54. The molecule has 4 aliphatic rings. The van der Waals surface area contributed by atoms with E-state index in [0.717, 1.165) is 37.5 Å². The van der Waals surface area contributed by atoms with Crippen LogP contribution in [-0.4, -0.2) is 6.43 Å². The molecule has 0 saturated heterocycles. The second-order valence-electron chi connectivity index (χ2n) is 5.34. The summed E-state index contributed by atoms with van der Waals surface area (Å²) < 4.78 is 25.6. The van der Waals surface area contributed by atoms with Crippen molar-refractivity contribution in [3.63, 3.8) is 0 Å². The number of hydrogen-bond donors (Lipinski definition) is 0. The molecule has 2 heteroatoms. The van der Waals surface area contributed by atoms with E-state index in [1.54, 1.807) is 0 Å². The van der Waals surface area contributed by atoms with Gasteiger partial charge >= 0.3 is 0 Å². The number of hydrogen-bond acceptors (Lipinski definition) is 0. The van der Waals surface area contributed by atoms with Crippen molar-refractivity contribution in [2.75, 3.05) is 0 Å². The van der Waals surface area contributed by atoms with E-state index in [1.807, 2.05) is 0 Å². The van der Waals surface area contributed by atoms with Crippen LogP contribution in [0.4, 0.5) is 8.78 Å². The molecule has 0 amide bonds. The lowest BCUT2D eigenvalue weighted by atomic mass is 9.52. The smallest absolute Gasteiger partial charge is 0.210 e. The van der Waals surface area contributed by atoms with Gasteiger partial charge in [-0.2, -0.15) is 0 Å². The van der Waals surface area contributed by atoms with Gasteiger partial charge in [-0.05, 0) is 55.8 Å². The summed E-state index contributed by atoms with van der Waals surface area (Å²) in [5, 5.41) is 0. The van der Waals surface area contributed by atoms with Crippen molar-refractivity contribution in [1.82, 2.24) is 0 Å². The van der Waals surface area contributed by atoms with E-state index < -0.39 is 6.43 Å². The van der Waals surface area contributed by atoms with Crippen molar-refractivity contribution in [2.24, 2.45) is 29.6 Å². The monoisotopic (exact) mass is 186 g/mol. The lowest BCUT2D eigenvalue weighted by molar-refractivity contribution is -0.102. The molecule has 0 radical (unpaired) electrons. The molecule has 4 bridgehead atoms. The Morgan fingerprint density at radius 2 is 1.23 bits per heavy atom. The molecule has 4 rings (SSSR count). The van der Waals surface area contributed by atoms with E-state index in [4.69, 9.17) is 0 Å². The third-order valence-corrected chi connectivity index (χ3v) is 4.59. The fourth-order valence-electron chi connectivity index (χ4n) is 4.38. The van der Waals surface area contributed by atoms with Crippen molar-refractivity contribution in [2.45, 2.75) is 38.5 Å². The fraction of sp³-hybridized carbons (Fsp3) is 1.00. The van der Waals surface area contributed by atoms with Crippen LogP contribution in [0.2, 0.25) is 0 Å². The van der Waals surface area contributed by atoms with Crippen molar-refractivity contribution < 1.29 is 8.78 Å². The van der Waals surface area contributed by atoms with Crippen LogP contribution in [0, 0.1) is 29.6 Å². The minimum absolute atomic E-state index is 0.229. The van der Waals surface area contributed by atoms with E-state index >= 15 is 0 Å². The summed E-state index contributed by atoms with van der Waals surface area (Å²) in [5.74, 6) is 2.18. The predicted molar refractivity (Wildman–Crippen MR) is 46.5 cm³/mol. The maximum Gasteiger partial charge on any atom is 0.241 e. The zero-order valence-electron chi connectivity index (χ0n) is 7.76. The first-order valence-electron chi connectivity index (χ1n) is 5.52. The van der Waals surface area contributed by atoms with Crippen molar-refractivity contribution in [3.05, 3.63) is 0 Å². The van der Waals surface area contributed by atoms with Crippen molar-refractivity contribution in [3.8, 4) is 0 Å². The molecule has 0 spiro atoms. The highest BCUT2D eigenvalue weighted by Crippen LogP contribution is 2.57. The van der Waals surface area contributed by atoms with Gasteiger partial charge in [0.1, 0.15) is 0 Å². The molecule has 0 unspecified atom stereocenters. The largest absolute Gasteiger partial charge is 0.241 e. The van der Waals surface area contributed by atoms with E-state index in [2.05, 4.69) is 0 Å². The maximum absolute atomic E-state index is 12.8. The summed E-state index contributed by atoms with van der Waals surface area (Å²) in [5.41, 5.74) is 0. The SMILES string of the molecule is FC(F)C1C2CC3CC(C2)CC1C3. The fourth-order valence-corrected chi connectivity index (χ4v) is 4.38. The first-order chi connectivity index (χ1) is 6.24. The second-order valence-corrected chi connectivity index (χ2v) is 5.34. The van der Waals surface area contributed by atoms with E-state index in [-0.39, 0.29) is 5.92 Å². The average molecular weight is 186 g/mol. The van der Waals surface area contributed by atoms with Crippen LogP contribution >= 0.6 is 0 Å². The lowest BCUT2D eigenvalue weighted by Crippen LogP contribution is -2.47. The summed E-state index contributed by atoms with van der Waals surface area (Å²) in [7, 11) is 0. The van der Waals surface area contributed by atoms with Crippen LogP contribution in [0.25, 0.3) is 0 Å². The molecule has 4 fully saturated rings. The van der Waals surface area contributed by atoms with Crippen molar-refractivity contribution >= 4 is 0 Å². The highest BCUT2D eigenvalue weighted by Gasteiger charge is 2.51. The number of halogens is 2. The van der Waals surface area contributed by atoms with Gasteiger partial charge in [0.2, 0.25) is 6.43 Å². The van der Waals surface area contributed by atoms with Crippen LogP contribution in [0.15, 0.2) is 0 Å². The summed E-state index contributed by atoms with van der Waals surface area (Å²) in [6, 6.07) is 0. The third kappa shape index (κ3) is 1.14. The zero-order chi connectivity index (χ0) is 9.00. The van der Waals surface area contributed by atoms with Gasteiger partial charge in [0.05, 0.1) is 0 Å². The summed E-state index contributed by atoms with van der Waals surface area (Å²) in [6.45, 7) is 0. The Hall–Kier alpha value is -0.140. The molecule has 74 valence electrons. The van der Waals surface area contributed by atoms with Crippen LogP contribution in [0.5, 0.6) is 0 Å². The Morgan fingerprint density at radius 1 is 0.769 bits per heavy atom. The number of alkyl halides is 2. The van der Waals surface area contributed by atoms with E-state index in [9.17, 15) is 8.78 Å². The van der Waals surface area contributed by atoms with Crippen molar-refractivity contribution in [1.29, 1.82) is 0 Å². The van der Waals surface area contributed by atoms with E-state index in [0.29, 0.717) is 11.8 Å². The van der Waals surface area contributed by atoms with Gasteiger partial charge in [-0.3, -0.25) is 0 Å². The molecule has 13 heavy (non-hydrogen) atoms. The topological polar surface area (TPSA) is 0 Å². The molecule has 4 aliphatic carbocycles. The minimum Gasteiger partial charge on any atom is -0.210 e. The molecule has 0 aromatic carbocycles. The Bertz CT molecular complexity index is 184. The highest BCUT2D eigenvalue weighted by atomic mass is 19.3. The van der Waals surface area contributed by atoms with Gasteiger partial charge in [-0.15, -0.1) is 0 Å². The molecule has 0 nitrogen and oxygen atoms in total. The molecule has 0 heterocycles. The average Bonchev–Trinajstić information content (AvgIpc) is 2.00.